The second-order valence-corrected chi connectivity index (χ2v) is 5.41. The maximum absolute atomic E-state index is 11.4. The molecule has 0 aromatic carbocycles. The molecule has 0 bridgehead atoms. The molecular formula is C9H23ClN2O3S. The first-order valence-electron chi connectivity index (χ1n) is 5.27. The number of rotatable bonds is 9. The van der Waals surface area contributed by atoms with Crippen LogP contribution in [0.1, 0.15) is 20.8 Å². The molecule has 0 aromatic heterocycles. The highest BCUT2D eigenvalue weighted by atomic mass is 35.5. The summed E-state index contributed by atoms with van der Waals surface area (Å²) < 4.78 is 30.4. The Morgan fingerprint density at radius 3 is 2.38 bits per heavy atom. The molecule has 0 heterocycles. The van der Waals surface area contributed by atoms with Gasteiger partial charge in [0.2, 0.25) is 10.0 Å². The molecule has 5 nitrogen and oxygen atoms in total. The number of hydrogen-bond acceptors (Lipinski definition) is 4. The molecule has 0 aromatic rings. The summed E-state index contributed by atoms with van der Waals surface area (Å²) in [6.45, 7) is 7.91. The number of halogens is 1. The third-order valence-electron chi connectivity index (χ3n) is 1.68. The molecule has 0 radical (unpaired) electrons. The maximum Gasteiger partial charge on any atom is 0.213 e. The van der Waals surface area contributed by atoms with Crippen LogP contribution in [0.4, 0.5) is 0 Å². The summed E-state index contributed by atoms with van der Waals surface area (Å²) in [4.78, 5) is 0. The summed E-state index contributed by atoms with van der Waals surface area (Å²) in [5, 5.41) is 3.04. The Hall–Kier alpha value is 0.120. The molecule has 100 valence electrons. The molecule has 0 unspecified atom stereocenters. The van der Waals surface area contributed by atoms with Gasteiger partial charge in [-0.05, 0) is 20.4 Å². The zero-order valence-electron chi connectivity index (χ0n) is 10.2. The maximum atomic E-state index is 11.4. The lowest BCUT2D eigenvalue weighted by molar-refractivity contribution is 0.0911. The van der Waals surface area contributed by atoms with Crippen LogP contribution in [0.2, 0.25) is 0 Å². The smallest absolute Gasteiger partial charge is 0.213 e. The Morgan fingerprint density at radius 2 is 1.88 bits per heavy atom. The van der Waals surface area contributed by atoms with E-state index in [0.29, 0.717) is 13.1 Å². The van der Waals surface area contributed by atoms with Gasteiger partial charge >= 0.3 is 0 Å². The van der Waals surface area contributed by atoms with Crippen LogP contribution in [-0.4, -0.2) is 46.5 Å². The summed E-state index contributed by atoms with van der Waals surface area (Å²) >= 11 is 0. The Balaban J connectivity index is 0. The molecule has 0 amide bonds. The Labute approximate surface area is 105 Å². The van der Waals surface area contributed by atoms with Crippen molar-refractivity contribution in [2.24, 2.45) is 0 Å². The van der Waals surface area contributed by atoms with Crippen molar-refractivity contribution in [1.82, 2.24) is 10.0 Å². The molecule has 0 fully saturated rings. The monoisotopic (exact) mass is 274 g/mol. The van der Waals surface area contributed by atoms with E-state index in [0.717, 1.165) is 6.54 Å². The number of nitrogens with one attached hydrogen (secondary N) is 2. The van der Waals surface area contributed by atoms with Gasteiger partial charge in [0.25, 0.3) is 0 Å². The molecule has 0 spiro atoms. The lowest BCUT2D eigenvalue weighted by Crippen LogP contribution is -2.34. The molecule has 0 aliphatic carbocycles. The molecule has 2 N–H and O–H groups in total. The second kappa shape index (κ2) is 10.3. The van der Waals surface area contributed by atoms with E-state index >= 15 is 0 Å². The van der Waals surface area contributed by atoms with Crippen molar-refractivity contribution >= 4 is 22.4 Å². The molecule has 0 rings (SSSR count). The van der Waals surface area contributed by atoms with Crippen LogP contribution < -0.4 is 10.0 Å². The summed E-state index contributed by atoms with van der Waals surface area (Å²) in [6, 6.07) is 0. The Morgan fingerprint density at radius 1 is 1.25 bits per heavy atom. The molecule has 0 atom stereocenters. The molecule has 0 saturated heterocycles. The van der Waals surface area contributed by atoms with E-state index in [2.05, 4.69) is 10.0 Å². The van der Waals surface area contributed by atoms with Crippen molar-refractivity contribution in [2.45, 2.75) is 26.9 Å². The first-order chi connectivity index (χ1) is 6.98. The Bertz CT molecular complexity index is 245. The predicted octanol–water partition coefficient (Wildman–Crippen LogP) is 0.362. The minimum Gasteiger partial charge on any atom is -0.378 e. The van der Waals surface area contributed by atoms with E-state index in [1.165, 1.54) is 0 Å². The third-order valence-corrected chi connectivity index (χ3v) is 3.03. The number of hydrogen-bond donors (Lipinski definition) is 2. The number of likely N-dealkylation sites (N-methyl/N-ethyl adjacent to an activating group) is 1. The SMILES string of the molecule is CCNCCNS(=O)(=O)CCOC(C)C.Cl. The fourth-order valence-corrected chi connectivity index (χ4v) is 1.81. The summed E-state index contributed by atoms with van der Waals surface area (Å²) in [5.41, 5.74) is 0. The first kappa shape index (κ1) is 18.5. The van der Waals surface area contributed by atoms with Crippen molar-refractivity contribution < 1.29 is 13.2 Å². The third kappa shape index (κ3) is 12.2. The van der Waals surface area contributed by atoms with Gasteiger partial charge < -0.3 is 10.1 Å². The second-order valence-electron chi connectivity index (χ2n) is 3.49. The van der Waals surface area contributed by atoms with Gasteiger partial charge in [0.1, 0.15) is 0 Å². The topological polar surface area (TPSA) is 67.4 Å². The summed E-state index contributed by atoms with van der Waals surface area (Å²) in [5.74, 6) is 0.0251. The summed E-state index contributed by atoms with van der Waals surface area (Å²) in [7, 11) is -3.17. The number of sulfonamides is 1. The molecule has 16 heavy (non-hydrogen) atoms. The minimum atomic E-state index is -3.17. The van der Waals surface area contributed by atoms with E-state index in [1.807, 2.05) is 20.8 Å². The van der Waals surface area contributed by atoms with Gasteiger partial charge in [0.05, 0.1) is 18.5 Å². The lowest BCUT2D eigenvalue weighted by Gasteiger charge is -2.09. The normalized spacial score (nSPS) is 11.5. The highest BCUT2D eigenvalue weighted by Crippen LogP contribution is 1.90. The molecule has 0 aliphatic heterocycles. The van der Waals surface area contributed by atoms with Gasteiger partial charge in [-0.3, -0.25) is 0 Å². The quantitative estimate of drug-likeness (QED) is 0.596. The van der Waals surface area contributed by atoms with Crippen molar-refractivity contribution in [3.63, 3.8) is 0 Å². The molecule has 0 aliphatic rings. The fraction of sp³-hybridized carbons (Fsp3) is 1.00. The van der Waals surface area contributed by atoms with Gasteiger partial charge in [0, 0.05) is 13.1 Å². The van der Waals surface area contributed by atoms with Crippen LogP contribution >= 0.6 is 12.4 Å². The van der Waals surface area contributed by atoms with Crippen molar-refractivity contribution in [2.75, 3.05) is 32.0 Å². The minimum absolute atomic E-state index is 0. The van der Waals surface area contributed by atoms with Crippen LogP contribution in [0.15, 0.2) is 0 Å². The fourth-order valence-electron chi connectivity index (χ4n) is 0.937. The van der Waals surface area contributed by atoms with E-state index < -0.39 is 10.0 Å². The van der Waals surface area contributed by atoms with Crippen molar-refractivity contribution in [3.8, 4) is 0 Å². The predicted molar refractivity (Wildman–Crippen MR) is 68.7 cm³/mol. The van der Waals surface area contributed by atoms with Crippen LogP contribution in [0.25, 0.3) is 0 Å². The summed E-state index contributed by atoms with van der Waals surface area (Å²) in [6.07, 6.45) is 0.0713. The zero-order chi connectivity index (χ0) is 11.7. The van der Waals surface area contributed by atoms with Gasteiger partial charge in [-0.15, -0.1) is 12.4 Å². The first-order valence-corrected chi connectivity index (χ1v) is 6.93. The van der Waals surface area contributed by atoms with Gasteiger partial charge in [0.15, 0.2) is 0 Å². The zero-order valence-corrected chi connectivity index (χ0v) is 11.8. The van der Waals surface area contributed by atoms with Crippen molar-refractivity contribution in [1.29, 1.82) is 0 Å². The molecular weight excluding hydrogens is 252 g/mol. The molecule has 7 heteroatoms. The van der Waals surface area contributed by atoms with E-state index in [4.69, 9.17) is 4.74 Å². The highest BCUT2D eigenvalue weighted by molar-refractivity contribution is 7.89. The van der Waals surface area contributed by atoms with E-state index in [-0.39, 0.29) is 30.9 Å². The van der Waals surface area contributed by atoms with Crippen molar-refractivity contribution in [3.05, 3.63) is 0 Å². The standard InChI is InChI=1S/C9H22N2O3S.ClH/c1-4-10-5-6-11-15(12,13)8-7-14-9(2)3;/h9-11H,4-8H2,1-3H3;1H. The average molecular weight is 275 g/mol. The van der Waals surface area contributed by atoms with Gasteiger partial charge in [-0.25, -0.2) is 13.1 Å². The van der Waals surface area contributed by atoms with E-state index in [9.17, 15) is 8.42 Å². The lowest BCUT2D eigenvalue weighted by atomic mass is 10.5. The Kier molecular flexibility index (Phi) is 11.9. The molecule has 0 saturated carbocycles. The van der Waals surface area contributed by atoms with Crippen LogP contribution in [0.3, 0.4) is 0 Å². The van der Waals surface area contributed by atoms with Gasteiger partial charge in [-0.1, -0.05) is 6.92 Å². The van der Waals surface area contributed by atoms with Gasteiger partial charge in [-0.2, -0.15) is 0 Å². The van der Waals surface area contributed by atoms with E-state index in [1.54, 1.807) is 0 Å². The van der Waals surface area contributed by atoms with Crippen LogP contribution in [0, 0.1) is 0 Å². The van der Waals surface area contributed by atoms with Crippen LogP contribution in [-0.2, 0) is 14.8 Å². The number of ether oxygens (including phenoxy) is 1. The largest absolute Gasteiger partial charge is 0.378 e. The van der Waals surface area contributed by atoms with Crippen LogP contribution in [0.5, 0.6) is 0 Å². The highest BCUT2D eigenvalue weighted by Gasteiger charge is 2.09. The average Bonchev–Trinajstić information content (AvgIpc) is 2.11.